The van der Waals surface area contributed by atoms with Gasteiger partial charge in [0.25, 0.3) is 0 Å². The van der Waals surface area contributed by atoms with E-state index in [0.717, 1.165) is 30.0 Å². The standard InChI is InChI=1S/C21H33N3O2.ClH/c1-14-8-9-17(12-18(14)24-20(26)21(3,4)5)23-19(25)11-15(2)16-7-6-10-22-13-16;/h8-9,12,15-16,22H,6-7,10-11,13H2,1-5H3,(H,23,25)(H,24,26);1H. The quantitative estimate of drug-likeness (QED) is 0.693. The maximum atomic E-state index is 12.4. The molecule has 1 aliphatic rings. The van der Waals surface area contributed by atoms with Gasteiger partial charge in [0.15, 0.2) is 0 Å². The molecular formula is C21H34ClN3O2. The molecule has 27 heavy (non-hydrogen) atoms. The van der Waals surface area contributed by atoms with E-state index >= 15 is 0 Å². The normalized spacial score (nSPS) is 18.2. The Morgan fingerprint density at radius 2 is 1.96 bits per heavy atom. The summed E-state index contributed by atoms with van der Waals surface area (Å²) in [6.07, 6.45) is 2.89. The third kappa shape index (κ3) is 7.15. The van der Waals surface area contributed by atoms with E-state index in [1.54, 1.807) is 0 Å². The highest BCUT2D eigenvalue weighted by molar-refractivity contribution is 5.97. The van der Waals surface area contributed by atoms with Crippen molar-refractivity contribution in [1.82, 2.24) is 5.32 Å². The fourth-order valence-corrected chi connectivity index (χ4v) is 3.18. The Bertz CT molecular complexity index is 649. The average molecular weight is 396 g/mol. The molecule has 2 unspecified atom stereocenters. The number of benzene rings is 1. The fourth-order valence-electron chi connectivity index (χ4n) is 3.18. The van der Waals surface area contributed by atoms with Gasteiger partial charge in [-0.3, -0.25) is 9.59 Å². The first-order valence-electron chi connectivity index (χ1n) is 9.59. The van der Waals surface area contributed by atoms with E-state index in [1.807, 2.05) is 45.9 Å². The second-order valence-corrected chi connectivity index (χ2v) is 8.57. The van der Waals surface area contributed by atoms with Crippen molar-refractivity contribution in [2.24, 2.45) is 17.3 Å². The second-order valence-electron chi connectivity index (χ2n) is 8.57. The van der Waals surface area contributed by atoms with Crippen LogP contribution in [-0.4, -0.2) is 24.9 Å². The van der Waals surface area contributed by atoms with E-state index in [1.165, 1.54) is 12.8 Å². The summed E-state index contributed by atoms with van der Waals surface area (Å²) in [4.78, 5) is 24.7. The van der Waals surface area contributed by atoms with Crippen LogP contribution in [0.2, 0.25) is 0 Å². The van der Waals surface area contributed by atoms with Crippen LogP contribution in [0.5, 0.6) is 0 Å². The summed E-state index contributed by atoms with van der Waals surface area (Å²) in [6.45, 7) is 11.8. The largest absolute Gasteiger partial charge is 0.326 e. The smallest absolute Gasteiger partial charge is 0.229 e. The van der Waals surface area contributed by atoms with Gasteiger partial charge in [0.1, 0.15) is 0 Å². The molecule has 2 atom stereocenters. The molecule has 2 rings (SSSR count). The molecule has 152 valence electrons. The molecule has 1 aromatic carbocycles. The molecule has 1 aromatic rings. The minimum atomic E-state index is -0.463. The molecular weight excluding hydrogens is 362 g/mol. The Balaban J connectivity index is 0.00000364. The van der Waals surface area contributed by atoms with Gasteiger partial charge in [0.2, 0.25) is 11.8 Å². The number of halogens is 1. The molecule has 0 bridgehead atoms. The van der Waals surface area contributed by atoms with Crippen molar-refractivity contribution < 1.29 is 9.59 Å². The Morgan fingerprint density at radius 3 is 2.56 bits per heavy atom. The zero-order valence-electron chi connectivity index (χ0n) is 17.1. The lowest BCUT2D eigenvalue weighted by Gasteiger charge is -2.28. The van der Waals surface area contributed by atoms with Crippen molar-refractivity contribution in [3.8, 4) is 0 Å². The van der Waals surface area contributed by atoms with E-state index in [2.05, 4.69) is 22.9 Å². The highest BCUT2D eigenvalue weighted by Gasteiger charge is 2.23. The van der Waals surface area contributed by atoms with E-state index < -0.39 is 5.41 Å². The number of amides is 2. The monoisotopic (exact) mass is 395 g/mol. The Labute approximate surface area is 169 Å². The van der Waals surface area contributed by atoms with Crippen LogP contribution >= 0.6 is 12.4 Å². The van der Waals surface area contributed by atoms with E-state index in [0.29, 0.717) is 18.3 Å². The number of rotatable bonds is 5. The molecule has 2 amide bonds. The number of carbonyl (C=O) groups excluding carboxylic acids is 2. The highest BCUT2D eigenvalue weighted by Crippen LogP contribution is 2.25. The van der Waals surface area contributed by atoms with Gasteiger partial charge in [-0.1, -0.05) is 33.8 Å². The lowest BCUT2D eigenvalue weighted by molar-refractivity contribution is -0.123. The summed E-state index contributed by atoms with van der Waals surface area (Å²) in [5.74, 6) is 0.907. The molecule has 0 radical (unpaired) electrons. The molecule has 1 aliphatic heterocycles. The lowest BCUT2D eigenvalue weighted by Crippen LogP contribution is -2.34. The minimum Gasteiger partial charge on any atom is -0.326 e. The SMILES string of the molecule is Cc1ccc(NC(=O)CC(C)C2CCCNC2)cc1NC(=O)C(C)(C)C.Cl. The predicted molar refractivity (Wildman–Crippen MR) is 115 cm³/mol. The number of carbonyl (C=O) groups is 2. The summed E-state index contributed by atoms with van der Waals surface area (Å²) in [7, 11) is 0. The van der Waals surface area contributed by atoms with Crippen LogP contribution < -0.4 is 16.0 Å². The van der Waals surface area contributed by atoms with Crippen LogP contribution in [0.1, 0.15) is 52.5 Å². The summed E-state index contributed by atoms with van der Waals surface area (Å²) in [5.41, 5.74) is 1.98. The summed E-state index contributed by atoms with van der Waals surface area (Å²) >= 11 is 0. The summed E-state index contributed by atoms with van der Waals surface area (Å²) in [6, 6.07) is 5.64. The maximum absolute atomic E-state index is 12.4. The van der Waals surface area contributed by atoms with E-state index in [9.17, 15) is 9.59 Å². The van der Waals surface area contributed by atoms with Crippen molar-refractivity contribution in [1.29, 1.82) is 0 Å². The first-order valence-corrected chi connectivity index (χ1v) is 9.59. The molecule has 1 saturated heterocycles. The zero-order chi connectivity index (χ0) is 19.3. The van der Waals surface area contributed by atoms with Crippen LogP contribution in [0.4, 0.5) is 11.4 Å². The molecule has 0 aliphatic carbocycles. The van der Waals surface area contributed by atoms with Gasteiger partial charge in [0, 0.05) is 23.2 Å². The van der Waals surface area contributed by atoms with Gasteiger partial charge in [-0.25, -0.2) is 0 Å². The number of nitrogens with one attached hydrogen (secondary N) is 3. The first-order chi connectivity index (χ1) is 12.2. The predicted octanol–water partition coefficient (Wildman–Crippen LogP) is 4.37. The van der Waals surface area contributed by atoms with Crippen molar-refractivity contribution in [2.75, 3.05) is 23.7 Å². The number of aryl methyl sites for hydroxylation is 1. The Morgan fingerprint density at radius 1 is 1.26 bits per heavy atom. The van der Waals surface area contributed by atoms with Crippen molar-refractivity contribution in [2.45, 2.75) is 53.9 Å². The number of anilines is 2. The molecule has 0 saturated carbocycles. The van der Waals surface area contributed by atoms with Gasteiger partial charge < -0.3 is 16.0 Å². The van der Waals surface area contributed by atoms with E-state index in [4.69, 9.17) is 0 Å². The summed E-state index contributed by atoms with van der Waals surface area (Å²) < 4.78 is 0. The van der Waals surface area contributed by atoms with E-state index in [-0.39, 0.29) is 24.2 Å². The number of hydrogen-bond donors (Lipinski definition) is 3. The van der Waals surface area contributed by atoms with Crippen molar-refractivity contribution >= 4 is 35.6 Å². The number of piperidine rings is 1. The zero-order valence-corrected chi connectivity index (χ0v) is 18.0. The van der Waals surface area contributed by atoms with Gasteiger partial charge in [0.05, 0.1) is 0 Å². The molecule has 1 fully saturated rings. The van der Waals surface area contributed by atoms with Crippen LogP contribution in [0.3, 0.4) is 0 Å². The maximum Gasteiger partial charge on any atom is 0.229 e. The van der Waals surface area contributed by atoms with Crippen LogP contribution in [0.15, 0.2) is 18.2 Å². The fraction of sp³-hybridized carbons (Fsp3) is 0.619. The van der Waals surface area contributed by atoms with Crippen molar-refractivity contribution in [3.63, 3.8) is 0 Å². The number of hydrogen-bond acceptors (Lipinski definition) is 3. The van der Waals surface area contributed by atoms with Crippen LogP contribution in [0.25, 0.3) is 0 Å². The van der Waals surface area contributed by atoms with Crippen LogP contribution in [-0.2, 0) is 9.59 Å². The molecule has 1 heterocycles. The Kier molecular flexibility index (Phi) is 8.76. The Hall–Kier alpha value is -1.59. The average Bonchev–Trinajstić information content (AvgIpc) is 2.57. The molecule has 6 heteroatoms. The van der Waals surface area contributed by atoms with Crippen LogP contribution in [0, 0.1) is 24.2 Å². The third-order valence-electron chi connectivity index (χ3n) is 5.10. The molecule has 0 spiro atoms. The van der Waals surface area contributed by atoms with Crippen molar-refractivity contribution in [3.05, 3.63) is 23.8 Å². The topological polar surface area (TPSA) is 70.2 Å². The first kappa shape index (κ1) is 23.4. The van der Waals surface area contributed by atoms with Gasteiger partial charge in [-0.05, 0) is 62.4 Å². The lowest BCUT2D eigenvalue weighted by atomic mass is 9.85. The molecule has 3 N–H and O–H groups in total. The van der Waals surface area contributed by atoms with Gasteiger partial charge >= 0.3 is 0 Å². The second kappa shape index (κ2) is 10.1. The highest BCUT2D eigenvalue weighted by atomic mass is 35.5. The van der Waals surface area contributed by atoms with Gasteiger partial charge in [-0.15, -0.1) is 12.4 Å². The third-order valence-corrected chi connectivity index (χ3v) is 5.10. The van der Waals surface area contributed by atoms with Gasteiger partial charge in [-0.2, -0.15) is 0 Å². The summed E-state index contributed by atoms with van der Waals surface area (Å²) in [5, 5.41) is 9.35. The molecule has 5 nitrogen and oxygen atoms in total. The minimum absolute atomic E-state index is 0. The molecule has 0 aromatic heterocycles.